The van der Waals surface area contributed by atoms with E-state index in [0.717, 1.165) is 12.8 Å². The molecule has 0 unspecified atom stereocenters. The van der Waals surface area contributed by atoms with Crippen molar-refractivity contribution in [2.75, 3.05) is 18.0 Å². The second-order valence-corrected chi connectivity index (χ2v) is 6.47. The molecule has 2 aromatic carbocycles. The zero-order chi connectivity index (χ0) is 19.6. The van der Waals surface area contributed by atoms with Crippen molar-refractivity contribution >= 4 is 23.3 Å². The summed E-state index contributed by atoms with van der Waals surface area (Å²) >= 11 is 0. The Morgan fingerprint density at radius 1 is 0.963 bits per heavy atom. The van der Waals surface area contributed by atoms with Gasteiger partial charge in [-0.25, -0.2) is 0 Å². The lowest BCUT2D eigenvalue weighted by Gasteiger charge is -2.21. The maximum atomic E-state index is 12.1. The fourth-order valence-electron chi connectivity index (χ4n) is 2.83. The Kier molecular flexibility index (Phi) is 7.74. The fraction of sp³-hybridized carbons (Fsp3) is 0.318. The Labute approximate surface area is 160 Å². The van der Waals surface area contributed by atoms with Crippen molar-refractivity contribution in [3.05, 3.63) is 65.7 Å². The van der Waals surface area contributed by atoms with E-state index in [9.17, 15) is 14.4 Å². The molecule has 0 spiro atoms. The number of Topliss-reactive ketones (excluding diaryl/α,β-unsaturated/α-hetero) is 1. The number of hydrogen-bond donors (Lipinski definition) is 1. The number of nitrogens with one attached hydrogen (secondary N) is 1. The van der Waals surface area contributed by atoms with Crippen LogP contribution in [0.4, 0.5) is 5.69 Å². The van der Waals surface area contributed by atoms with Gasteiger partial charge in [0.2, 0.25) is 11.8 Å². The molecular weight excluding hydrogens is 340 g/mol. The molecule has 5 heteroatoms. The van der Waals surface area contributed by atoms with Crippen LogP contribution in [-0.2, 0) is 16.0 Å². The standard InChI is InChI=1S/C22H26N2O3/c1-17(25)20-11-6-12-21(16-20)24(18(2)26)15-13-22(27)23-14-7-10-19-8-4-3-5-9-19/h3-6,8-9,11-12,16H,7,10,13-15H2,1-2H3,(H,23,27). The molecule has 0 bridgehead atoms. The molecule has 0 fully saturated rings. The van der Waals surface area contributed by atoms with Gasteiger partial charge in [-0.05, 0) is 37.5 Å². The van der Waals surface area contributed by atoms with Crippen LogP contribution in [0.1, 0.15) is 42.6 Å². The normalized spacial score (nSPS) is 10.3. The van der Waals surface area contributed by atoms with Crippen LogP contribution in [0.3, 0.4) is 0 Å². The summed E-state index contributed by atoms with van der Waals surface area (Å²) in [6.07, 6.45) is 2.00. The summed E-state index contributed by atoms with van der Waals surface area (Å²) in [6.45, 7) is 3.83. The van der Waals surface area contributed by atoms with Gasteiger partial charge in [0, 0.05) is 37.7 Å². The number of anilines is 1. The van der Waals surface area contributed by atoms with E-state index in [-0.39, 0.29) is 30.6 Å². The topological polar surface area (TPSA) is 66.5 Å². The van der Waals surface area contributed by atoms with Crippen molar-refractivity contribution in [1.82, 2.24) is 5.32 Å². The minimum absolute atomic E-state index is 0.0588. The summed E-state index contributed by atoms with van der Waals surface area (Å²) < 4.78 is 0. The molecule has 0 saturated carbocycles. The molecule has 27 heavy (non-hydrogen) atoms. The second kappa shape index (κ2) is 10.3. The van der Waals surface area contributed by atoms with Gasteiger partial charge in [0.15, 0.2) is 5.78 Å². The Morgan fingerprint density at radius 3 is 2.37 bits per heavy atom. The van der Waals surface area contributed by atoms with Gasteiger partial charge < -0.3 is 10.2 Å². The second-order valence-electron chi connectivity index (χ2n) is 6.47. The minimum Gasteiger partial charge on any atom is -0.356 e. The third kappa shape index (κ3) is 6.70. The van der Waals surface area contributed by atoms with E-state index in [1.54, 1.807) is 24.3 Å². The average Bonchev–Trinajstić information content (AvgIpc) is 2.66. The van der Waals surface area contributed by atoms with Crippen molar-refractivity contribution in [2.24, 2.45) is 0 Å². The summed E-state index contributed by atoms with van der Waals surface area (Å²) in [5, 5.41) is 2.90. The molecule has 5 nitrogen and oxygen atoms in total. The van der Waals surface area contributed by atoms with Crippen molar-refractivity contribution in [2.45, 2.75) is 33.1 Å². The number of benzene rings is 2. The van der Waals surface area contributed by atoms with Crippen molar-refractivity contribution in [1.29, 1.82) is 0 Å². The van der Waals surface area contributed by atoms with Gasteiger partial charge in [0.25, 0.3) is 0 Å². The largest absolute Gasteiger partial charge is 0.356 e. The smallest absolute Gasteiger partial charge is 0.223 e. The first-order valence-electron chi connectivity index (χ1n) is 9.17. The van der Waals surface area contributed by atoms with Crippen LogP contribution in [0.15, 0.2) is 54.6 Å². The molecule has 0 aliphatic heterocycles. The predicted molar refractivity (Wildman–Crippen MR) is 107 cm³/mol. The van der Waals surface area contributed by atoms with Gasteiger partial charge in [-0.2, -0.15) is 0 Å². The van der Waals surface area contributed by atoms with E-state index in [1.807, 2.05) is 18.2 Å². The summed E-state index contributed by atoms with van der Waals surface area (Å²) in [5.41, 5.74) is 2.43. The maximum absolute atomic E-state index is 12.1. The number of aryl methyl sites for hydroxylation is 1. The van der Waals surface area contributed by atoms with E-state index in [4.69, 9.17) is 0 Å². The third-order valence-electron chi connectivity index (χ3n) is 4.31. The Bertz CT molecular complexity index is 787. The molecule has 0 aliphatic rings. The molecule has 0 aromatic heterocycles. The van der Waals surface area contributed by atoms with Crippen LogP contribution >= 0.6 is 0 Å². The van der Waals surface area contributed by atoms with E-state index in [1.165, 1.54) is 24.3 Å². The van der Waals surface area contributed by atoms with E-state index >= 15 is 0 Å². The third-order valence-corrected chi connectivity index (χ3v) is 4.31. The molecule has 2 rings (SSSR count). The van der Waals surface area contributed by atoms with E-state index in [2.05, 4.69) is 17.4 Å². The molecule has 0 heterocycles. The van der Waals surface area contributed by atoms with Crippen molar-refractivity contribution < 1.29 is 14.4 Å². The predicted octanol–water partition coefficient (Wildman–Crippen LogP) is 3.38. The van der Waals surface area contributed by atoms with Gasteiger partial charge in [-0.1, -0.05) is 42.5 Å². The lowest BCUT2D eigenvalue weighted by atomic mass is 10.1. The minimum atomic E-state index is -0.160. The average molecular weight is 366 g/mol. The first-order valence-corrected chi connectivity index (χ1v) is 9.17. The zero-order valence-corrected chi connectivity index (χ0v) is 15.9. The molecule has 2 aromatic rings. The van der Waals surface area contributed by atoms with Gasteiger partial charge in [0.1, 0.15) is 0 Å². The van der Waals surface area contributed by atoms with Crippen LogP contribution in [0.25, 0.3) is 0 Å². The summed E-state index contributed by atoms with van der Waals surface area (Å²) in [5.74, 6) is -0.305. The summed E-state index contributed by atoms with van der Waals surface area (Å²) in [7, 11) is 0. The molecule has 142 valence electrons. The monoisotopic (exact) mass is 366 g/mol. The number of rotatable bonds is 9. The first kappa shape index (κ1) is 20.4. The molecule has 0 saturated heterocycles. The van der Waals surface area contributed by atoms with Gasteiger partial charge >= 0.3 is 0 Å². The highest BCUT2D eigenvalue weighted by atomic mass is 16.2. The summed E-state index contributed by atoms with van der Waals surface area (Å²) in [4.78, 5) is 37.1. The number of carbonyl (C=O) groups is 3. The highest BCUT2D eigenvalue weighted by Gasteiger charge is 2.14. The van der Waals surface area contributed by atoms with Crippen LogP contribution in [0, 0.1) is 0 Å². The number of hydrogen-bond acceptors (Lipinski definition) is 3. The lowest BCUT2D eigenvalue weighted by molar-refractivity contribution is -0.121. The summed E-state index contributed by atoms with van der Waals surface area (Å²) in [6, 6.07) is 17.0. The van der Waals surface area contributed by atoms with E-state index in [0.29, 0.717) is 17.8 Å². The van der Waals surface area contributed by atoms with Gasteiger partial charge in [0.05, 0.1) is 0 Å². The number of nitrogens with zero attached hydrogens (tertiary/aromatic N) is 1. The van der Waals surface area contributed by atoms with Crippen molar-refractivity contribution in [3.63, 3.8) is 0 Å². The Hall–Kier alpha value is -2.95. The van der Waals surface area contributed by atoms with Crippen LogP contribution < -0.4 is 10.2 Å². The molecule has 0 aliphatic carbocycles. The van der Waals surface area contributed by atoms with Crippen LogP contribution in [0.2, 0.25) is 0 Å². The molecule has 2 amide bonds. The van der Waals surface area contributed by atoms with Crippen molar-refractivity contribution in [3.8, 4) is 0 Å². The molecule has 1 N–H and O–H groups in total. The first-order chi connectivity index (χ1) is 13.0. The van der Waals surface area contributed by atoms with Crippen LogP contribution in [0.5, 0.6) is 0 Å². The maximum Gasteiger partial charge on any atom is 0.223 e. The lowest BCUT2D eigenvalue weighted by Crippen LogP contribution is -2.34. The highest BCUT2D eigenvalue weighted by Crippen LogP contribution is 2.17. The quantitative estimate of drug-likeness (QED) is 0.546. The number of amides is 2. The SMILES string of the molecule is CC(=O)c1cccc(N(CCC(=O)NCCCc2ccccc2)C(C)=O)c1. The Morgan fingerprint density at radius 2 is 1.70 bits per heavy atom. The fourth-order valence-corrected chi connectivity index (χ4v) is 2.83. The van der Waals surface area contributed by atoms with E-state index < -0.39 is 0 Å². The number of carbonyl (C=O) groups excluding carboxylic acids is 3. The molecular formula is C22H26N2O3. The van der Waals surface area contributed by atoms with Gasteiger partial charge in [-0.3, -0.25) is 14.4 Å². The van der Waals surface area contributed by atoms with Gasteiger partial charge in [-0.15, -0.1) is 0 Å². The van der Waals surface area contributed by atoms with Crippen LogP contribution in [-0.4, -0.2) is 30.7 Å². The Balaban J connectivity index is 1.81. The molecule has 0 atom stereocenters. The highest BCUT2D eigenvalue weighted by molar-refractivity contribution is 5.97. The number of ketones is 1. The molecule has 0 radical (unpaired) electrons. The zero-order valence-electron chi connectivity index (χ0n) is 15.9.